The first-order valence-corrected chi connectivity index (χ1v) is 3.31. The minimum Gasteiger partial charge on any atom is -0.200 e. The number of fused-ring (bicyclic) bond motifs is 1. The van der Waals surface area contributed by atoms with E-state index in [0.717, 1.165) is 16.9 Å². The predicted octanol–water partition coefficient (Wildman–Crippen LogP) is 1.14. The molecule has 0 aliphatic carbocycles. The standard InChI is InChI=1S/C6H3F3N4/c7-6(8,9)4-1-2-5-11-10-3-13(5)12-4/h1-3H. The molecule has 0 saturated heterocycles. The number of hydrogen-bond acceptors (Lipinski definition) is 3. The Balaban J connectivity index is 2.61. The number of rotatable bonds is 0. The van der Waals surface area contributed by atoms with E-state index in [0.29, 0.717) is 0 Å². The molecule has 0 bridgehead atoms. The van der Waals surface area contributed by atoms with Crippen molar-refractivity contribution < 1.29 is 13.2 Å². The lowest BCUT2D eigenvalue weighted by molar-refractivity contribution is -0.141. The minimum atomic E-state index is -4.43. The smallest absolute Gasteiger partial charge is 0.200 e. The summed E-state index contributed by atoms with van der Waals surface area (Å²) in [5, 5.41) is 10.2. The molecule has 68 valence electrons. The van der Waals surface area contributed by atoms with Gasteiger partial charge in [-0.25, -0.2) is 0 Å². The second kappa shape index (κ2) is 2.41. The molecule has 2 heterocycles. The highest BCUT2D eigenvalue weighted by Gasteiger charge is 2.32. The van der Waals surface area contributed by atoms with E-state index in [9.17, 15) is 13.2 Å². The fraction of sp³-hybridized carbons (Fsp3) is 0.167. The molecule has 0 radical (unpaired) electrons. The molecule has 0 amide bonds. The van der Waals surface area contributed by atoms with Gasteiger partial charge in [0, 0.05) is 0 Å². The third-order valence-corrected chi connectivity index (χ3v) is 1.45. The van der Waals surface area contributed by atoms with Crippen LogP contribution in [-0.2, 0) is 6.18 Å². The molecule has 0 atom stereocenters. The van der Waals surface area contributed by atoms with Gasteiger partial charge in [-0.15, -0.1) is 10.2 Å². The second-order valence-electron chi connectivity index (χ2n) is 2.35. The molecule has 13 heavy (non-hydrogen) atoms. The minimum absolute atomic E-state index is 0.285. The summed E-state index contributed by atoms with van der Waals surface area (Å²) in [6.45, 7) is 0. The maximum absolute atomic E-state index is 12.1. The molecule has 7 heteroatoms. The van der Waals surface area contributed by atoms with Gasteiger partial charge in [0.2, 0.25) is 0 Å². The van der Waals surface area contributed by atoms with E-state index in [-0.39, 0.29) is 5.65 Å². The molecule has 0 fully saturated rings. The Morgan fingerprint density at radius 2 is 2.00 bits per heavy atom. The van der Waals surface area contributed by atoms with Crippen LogP contribution in [0.3, 0.4) is 0 Å². The van der Waals surface area contributed by atoms with Crippen LogP contribution < -0.4 is 0 Å². The van der Waals surface area contributed by atoms with E-state index >= 15 is 0 Å². The summed E-state index contributed by atoms with van der Waals surface area (Å²) in [6, 6.07) is 2.08. The van der Waals surface area contributed by atoms with Crippen molar-refractivity contribution in [3.05, 3.63) is 24.2 Å². The van der Waals surface area contributed by atoms with Crippen LogP contribution in [0, 0.1) is 0 Å². The molecule has 0 aliphatic heterocycles. The first-order valence-electron chi connectivity index (χ1n) is 3.31. The van der Waals surface area contributed by atoms with E-state index in [2.05, 4.69) is 15.3 Å². The van der Waals surface area contributed by atoms with Crippen LogP contribution in [0.1, 0.15) is 5.69 Å². The van der Waals surface area contributed by atoms with Gasteiger partial charge in [0.05, 0.1) is 0 Å². The van der Waals surface area contributed by atoms with Gasteiger partial charge in [-0.3, -0.25) is 0 Å². The van der Waals surface area contributed by atoms with Crippen molar-refractivity contribution in [1.29, 1.82) is 0 Å². The van der Waals surface area contributed by atoms with Crippen LogP contribution in [0.15, 0.2) is 18.5 Å². The van der Waals surface area contributed by atoms with Gasteiger partial charge in [-0.2, -0.15) is 22.8 Å². The van der Waals surface area contributed by atoms with Gasteiger partial charge in [0.1, 0.15) is 6.33 Å². The Morgan fingerprint density at radius 3 is 2.69 bits per heavy atom. The molecule has 4 nitrogen and oxygen atoms in total. The van der Waals surface area contributed by atoms with Crippen LogP contribution in [-0.4, -0.2) is 19.8 Å². The highest BCUT2D eigenvalue weighted by atomic mass is 19.4. The monoisotopic (exact) mass is 188 g/mol. The summed E-state index contributed by atoms with van der Waals surface area (Å²) in [4.78, 5) is 0. The molecule has 0 unspecified atom stereocenters. The molecular weight excluding hydrogens is 185 g/mol. The normalized spacial score (nSPS) is 12.2. The van der Waals surface area contributed by atoms with Crippen LogP contribution in [0.25, 0.3) is 5.65 Å². The van der Waals surface area contributed by atoms with Crippen LogP contribution in [0.2, 0.25) is 0 Å². The zero-order chi connectivity index (χ0) is 9.47. The zero-order valence-corrected chi connectivity index (χ0v) is 6.15. The first kappa shape index (κ1) is 7.96. The lowest BCUT2D eigenvalue weighted by Gasteiger charge is -2.03. The average molecular weight is 188 g/mol. The van der Waals surface area contributed by atoms with Crippen LogP contribution >= 0.6 is 0 Å². The number of alkyl halides is 3. The predicted molar refractivity (Wildman–Crippen MR) is 35.8 cm³/mol. The molecular formula is C6H3F3N4. The van der Waals surface area contributed by atoms with Crippen molar-refractivity contribution in [3.63, 3.8) is 0 Å². The van der Waals surface area contributed by atoms with Gasteiger partial charge in [0.15, 0.2) is 11.3 Å². The van der Waals surface area contributed by atoms with E-state index in [1.807, 2.05) is 0 Å². The van der Waals surface area contributed by atoms with Crippen molar-refractivity contribution in [2.24, 2.45) is 0 Å². The molecule has 2 aromatic heterocycles. The third kappa shape index (κ3) is 1.32. The lowest BCUT2D eigenvalue weighted by Crippen LogP contribution is -2.10. The van der Waals surface area contributed by atoms with E-state index < -0.39 is 11.9 Å². The van der Waals surface area contributed by atoms with Crippen LogP contribution in [0.5, 0.6) is 0 Å². The highest BCUT2D eigenvalue weighted by Crippen LogP contribution is 2.26. The summed E-state index contributed by atoms with van der Waals surface area (Å²) >= 11 is 0. The second-order valence-corrected chi connectivity index (χ2v) is 2.35. The van der Waals surface area contributed by atoms with Crippen molar-refractivity contribution in [2.75, 3.05) is 0 Å². The van der Waals surface area contributed by atoms with Gasteiger partial charge >= 0.3 is 6.18 Å². The fourth-order valence-electron chi connectivity index (χ4n) is 0.880. The van der Waals surface area contributed by atoms with E-state index in [4.69, 9.17) is 0 Å². The van der Waals surface area contributed by atoms with E-state index in [1.54, 1.807) is 0 Å². The maximum atomic E-state index is 12.1. The molecule has 2 aromatic rings. The summed E-state index contributed by atoms with van der Waals surface area (Å²) in [6.07, 6.45) is -3.32. The van der Waals surface area contributed by atoms with Crippen molar-refractivity contribution in [2.45, 2.75) is 6.18 Å². The Morgan fingerprint density at radius 1 is 1.23 bits per heavy atom. The van der Waals surface area contributed by atoms with Gasteiger partial charge in [0.25, 0.3) is 0 Å². The summed E-state index contributed by atoms with van der Waals surface area (Å²) < 4.78 is 37.3. The van der Waals surface area contributed by atoms with Gasteiger partial charge < -0.3 is 0 Å². The lowest BCUT2D eigenvalue weighted by atomic mass is 10.4. The summed E-state index contributed by atoms with van der Waals surface area (Å²) in [5.74, 6) is 0. The van der Waals surface area contributed by atoms with Crippen LogP contribution in [0.4, 0.5) is 13.2 Å². The Bertz CT molecular complexity index is 433. The number of hydrogen-bond donors (Lipinski definition) is 0. The number of aromatic nitrogens is 4. The maximum Gasteiger partial charge on any atom is 0.435 e. The third-order valence-electron chi connectivity index (χ3n) is 1.45. The summed E-state index contributed by atoms with van der Waals surface area (Å²) in [5.41, 5.74) is -0.673. The van der Waals surface area contributed by atoms with Crippen molar-refractivity contribution in [3.8, 4) is 0 Å². The SMILES string of the molecule is FC(F)(F)c1ccc2nncn2n1. The molecule has 0 aliphatic rings. The number of halogens is 3. The fourth-order valence-corrected chi connectivity index (χ4v) is 0.880. The Hall–Kier alpha value is -1.66. The largest absolute Gasteiger partial charge is 0.435 e. The van der Waals surface area contributed by atoms with Crippen molar-refractivity contribution >= 4 is 5.65 Å². The quantitative estimate of drug-likeness (QED) is 0.622. The molecule has 0 saturated carbocycles. The molecule has 0 aromatic carbocycles. The molecule has 0 spiro atoms. The Kier molecular flexibility index (Phi) is 1.48. The molecule has 0 N–H and O–H groups in total. The Labute approximate surface area is 70.0 Å². The van der Waals surface area contributed by atoms with E-state index in [1.165, 1.54) is 6.07 Å². The molecule has 2 rings (SSSR count). The highest BCUT2D eigenvalue weighted by molar-refractivity contribution is 5.34. The van der Waals surface area contributed by atoms with Gasteiger partial charge in [-0.05, 0) is 12.1 Å². The van der Waals surface area contributed by atoms with Gasteiger partial charge in [-0.1, -0.05) is 0 Å². The average Bonchev–Trinajstić information content (AvgIpc) is 2.47. The first-order chi connectivity index (χ1) is 6.07. The van der Waals surface area contributed by atoms with Crippen molar-refractivity contribution in [1.82, 2.24) is 19.8 Å². The zero-order valence-electron chi connectivity index (χ0n) is 6.15. The summed E-state index contributed by atoms with van der Waals surface area (Å²) in [7, 11) is 0. The number of nitrogens with zero attached hydrogens (tertiary/aromatic N) is 4. The topological polar surface area (TPSA) is 43.1 Å².